The number of hydrogen-bond donors (Lipinski definition) is 1. The topological polar surface area (TPSA) is 72.8 Å². The van der Waals surface area contributed by atoms with Gasteiger partial charge in [-0.25, -0.2) is 0 Å². The molecular formula is C52H58O5S. The van der Waals surface area contributed by atoms with E-state index in [1.807, 2.05) is 32.0 Å². The molecule has 5 aromatic carbocycles. The maximum atomic E-state index is 14.2. The van der Waals surface area contributed by atoms with E-state index in [4.69, 9.17) is 9.47 Å². The minimum Gasteiger partial charge on any atom is -0.507 e. The number of rotatable bonds is 15. The second kappa shape index (κ2) is 18.4. The molecule has 0 atom stereocenters. The number of ketones is 2. The summed E-state index contributed by atoms with van der Waals surface area (Å²) in [5.74, 6) is 2.49. The second-order valence-electron chi connectivity index (χ2n) is 16.6. The van der Waals surface area contributed by atoms with Crippen LogP contribution in [0, 0.1) is 39.5 Å². The first-order chi connectivity index (χ1) is 28.1. The summed E-state index contributed by atoms with van der Waals surface area (Å²) in [7, 11) is 0. The van der Waals surface area contributed by atoms with Crippen LogP contribution in [0.3, 0.4) is 0 Å². The maximum absolute atomic E-state index is 14.2. The van der Waals surface area contributed by atoms with Gasteiger partial charge in [0.25, 0.3) is 0 Å². The Morgan fingerprint density at radius 3 is 1.76 bits per heavy atom. The van der Waals surface area contributed by atoms with Crippen LogP contribution in [0.5, 0.6) is 17.2 Å². The number of aryl methyl sites for hydroxylation is 4. The fourth-order valence-electron chi connectivity index (χ4n) is 8.95. The lowest BCUT2D eigenvalue weighted by Gasteiger charge is -2.29. The van der Waals surface area contributed by atoms with Crippen LogP contribution in [0.25, 0.3) is 22.3 Å². The molecule has 6 heteroatoms. The molecule has 5 aromatic rings. The van der Waals surface area contributed by atoms with Crippen LogP contribution < -0.4 is 9.47 Å². The minimum absolute atomic E-state index is 0.0634. The summed E-state index contributed by atoms with van der Waals surface area (Å²) in [6.07, 6.45) is 12.5. The van der Waals surface area contributed by atoms with Crippen LogP contribution >= 0.6 is 11.8 Å². The van der Waals surface area contributed by atoms with Crippen molar-refractivity contribution in [1.29, 1.82) is 0 Å². The summed E-state index contributed by atoms with van der Waals surface area (Å²) in [5, 5.41) is 12.0. The summed E-state index contributed by atoms with van der Waals surface area (Å²) < 4.78 is 12.6. The van der Waals surface area contributed by atoms with Crippen molar-refractivity contribution in [3.8, 4) is 39.5 Å². The van der Waals surface area contributed by atoms with Crippen molar-refractivity contribution >= 4 is 23.3 Å². The molecule has 0 amide bonds. The SMILES string of the molecule is CCCCCC1CCC(COc2c(C)cc(-c3cc(Sc4ccc(-c5cc(C)c(OCCCC)c(C)c5)cc4)c4c(c3O)C(=O)c3ccccc3C4=O)cc2C)CC1. The highest BCUT2D eigenvalue weighted by atomic mass is 32.2. The van der Waals surface area contributed by atoms with Crippen molar-refractivity contribution < 1.29 is 24.2 Å². The molecule has 2 aliphatic carbocycles. The van der Waals surface area contributed by atoms with Crippen LogP contribution in [0.15, 0.2) is 88.7 Å². The predicted octanol–water partition coefficient (Wildman–Crippen LogP) is 13.8. The second-order valence-corrected chi connectivity index (χ2v) is 17.7. The molecule has 5 nitrogen and oxygen atoms in total. The van der Waals surface area contributed by atoms with Crippen molar-refractivity contribution in [2.24, 2.45) is 11.8 Å². The average Bonchev–Trinajstić information content (AvgIpc) is 3.22. The van der Waals surface area contributed by atoms with Gasteiger partial charge in [-0.2, -0.15) is 0 Å². The Hall–Kier alpha value is -4.81. The Balaban J connectivity index is 1.17. The van der Waals surface area contributed by atoms with Gasteiger partial charge in [-0.3, -0.25) is 9.59 Å². The average molecular weight is 795 g/mol. The summed E-state index contributed by atoms with van der Waals surface area (Å²) in [5.41, 5.74) is 8.63. The molecule has 0 aliphatic heterocycles. The minimum atomic E-state index is -0.344. The monoisotopic (exact) mass is 794 g/mol. The summed E-state index contributed by atoms with van der Waals surface area (Å²) in [4.78, 5) is 29.9. The molecule has 1 saturated carbocycles. The lowest BCUT2D eigenvalue weighted by Crippen LogP contribution is -2.22. The van der Waals surface area contributed by atoms with E-state index in [1.165, 1.54) is 63.1 Å². The third kappa shape index (κ3) is 8.78. The van der Waals surface area contributed by atoms with Gasteiger partial charge in [0.2, 0.25) is 0 Å². The van der Waals surface area contributed by atoms with Gasteiger partial charge in [-0.1, -0.05) is 107 Å². The highest BCUT2D eigenvalue weighted by molar-refractivity contribution is 7.99. The molecule has 0 radical (unpaired) electrons. The molecule has 0 bridgehead atoms. The third-order valence-corrected chi connectivity index (χ3v) is 13.2. The number of ether oxygens (including phenoxy) is 2. The first kappa shape index (κ1) is 41.4. The lowest BCUT2D eigenvalue weighted by atomic mass is 9.80. The quantitative estimate of drug-likeness (QED) is 0.104. The van der Waals surface area contributed by atoms with Gasteiger partial charge in [0.05, 0.1) is 24.3 Å². The number of fused-ring (bicyclic) bond motifs is 2. The largest absolute Gasteiger partial charge is 0.507 e. The molecule has 58 heavy (non-hydrogen) atoms. The zero-order chi connectivity index (χ0) is 40.9. The number of carbonyl (C=O) groups excluding carboxylic acids is 2. The van der Waals surface area contributed by atoms with Crippen LogP contribution in [0.2, 0.25) is 0 Å². The smallest absolute Gasteiger partial charge is 0.198 e. The molecule has 7 rings (SSSR count). The van der Waals surface area contributed by atoms with E-state index < -0.39 is 0 Å². The number of aromatic hydroxyl groups is 1. The molecule has 0 unspecified atom stereocenters. The molecule has 0 spiro atoms. The van der Waals surface area contributed by atoms with Gasteiger partial charge in [0.1, 0.15) is 17.2 Å². The zero-order valence-electron chi connectivity index (χ0n) is 35.1. The van der Waals surface area contributed by atoms with Crippen LogP contribution in [-0.2, 0) is 0 Å². The number of hydrogen-bond acceptors (Lipinski definition) is 6. The molecule has 1 N–H and O–H groups in total. The number of carbonyl (C=O) groups is 2. The van der Waals surface area contributed by atoms with E-state index in [9.17, 15) is 14.7 Å². The predicted molar refractivity (Wildman–Crippen MR) is 237 cm³/mol. The van der Waals surface area contributed by atoms with E-state index in [2.05, 4.69) is 64.1 Å². The molecular weight excluding hydrogens is 737 g/mol. The van der Waals surface area contributed by atoms with Crippen molar-refractivity contribution in [3.05, 3.63) is 123 Å². The highest BCUT2D eigenvalue weighted by Crippen LogP contribution is 2.47. The van der Waals surface area contributed by atoms with Crippen molar-refractivity contribution in [3.63, 3.8) is 0 Å². The standard InChI is InChI=1S/C52H58O5S/c1-7-9-11-14-36-17-19-37(20-18-36)31-57-52-34(5)28-40(29-35(52)6)44-30-45(46-47(50(44)55)49(54)43-16-13-12-15-42(43)48(46)53)58-41-23-21-38(22-24-41)39-26-32(3)51(33(4)27-39)56-25-10-8-2/h12-13,15-16,21-24,26-30,36-37,55H,7-11,14,17-20,25,31H2,1-6H3. The normalized spacial score (nSPS) is 16.2. The van der Waals surface area contributed by atoms with Gasteiger partial charge >= 0.3 is 0 Å². The number of unbranched alkanes of at least 4 members (excludes halogenated alkanes) is 3. The molecule has 0 heterocycles. The van der Waals surface area contributed by atoms with Crippen LogP contribution in [0.1, 0.15) is 132 Å². The Morgan fingerprint density at radius 2 is 1.16 bits per heavy atom. The van der Waals surface area contributed by atoms with Gasteiger partial charge in [-0.15, -0.1) is 0 Å². The summed E-state index contributed by atoms with van der Waals surface area (Å²) in [6.45, 7) is 14.1. The zero-order valence-corrected chi connectivity index (χ0v) is 36.0. The van der Waals surface area contributed by atoms with Gasteiger partial charge in [0.15, 0.2) is 11.6 Å². The molecule has 0 aromatic heterocycles. The van der Waals surface area contributed by atoms with E-state index >= 15 is 0 Å². The highest BCUT2D eigenvalue weighted by Gasteiger charge is 2.36. The number of phenolic OH excluding ortho intramolecular Hbond substituents is 1. The fraction of sp³-hybridized carbons (Fsp3) is 0.385. The molecule has 2 aliphatic rings. The molecule has 1 fully saturated rings. The van der Waals surface area contributed by atoms with E-state index in [-0.39, 0.29) is 28.4 Å². The Kier molecular flexibility index (Phi) is 13.1. The maximum Gasteiger partial charge on any atom is 0.198 e. The molecule has 302 valence electrons. The van der Waals surface area contributed by atoms with E-state index in [0.29, 0.717) is 40.7 Å². The van der Waals surface area contributed by atoms with Crippen LogP contribution in [0.4, 0.5) is 0 Å². The molecule has 0 saturated heterocycles. The van der Waals surface area contributed by atoms with E-state index in [1.54, 1.807) is 24.3 Å². The van der Waals surface area contributed by atoms with Gasteiger partial charge < -0.3 is 14.6 Å². The number of benzene rings is 5. The van der Waals surface area contributed by atoms with Crippen molar-refractivity contribution in [1.82, 2.24) is 0 Å². The Labute approximate surface area is 349 Å². The van der Waals surface area contributed by atoms with Crippen LogP contribution in [-0.4, -0.2) is 29.9 Å². The van der Waals surface area contributed by atoms with E-state index in [0.717, 1.165) is 74.1 Å². The lowest BCUT2D eigenvalue weighted by molar-refractivity contribution is 0.0974. The number of phenols is 1. The first-order valence-electron chi connectivity index (χ1n) is 21.4. The summed E-state index contributed by atoms with van der Waals surface area (Å²) >= 11 is 1.44. The summed E-state index contributed by atoms with van der Waals surface area (Å²) in [6, 6.07) is 25.5. The Bertz CT molecular complexity index is 2250. The van der Waals surface area contributed by atoms with Crippen molar-refractivity contribution in [2.75, 3.05) is 13.2 Å². The third-order valence-electron chi connectivity index (χ3n) is 12.2. The first-order valence-corrected chi connectivity index (χ1v) is 22.2. The fourth-order valence-corrected chi connectivity index (χ4v) is 9.95. The van der Waals surface area contributed by atoms with Gasteiger partial charge in [0, 0.05) is 26.5 Å². The van der Waals surface area contributed by atoms with Gasteiger partial charge in [-0.05, 0) is 140 Å². The van der Waals surface area contributed by atoms with Crippen molar-refractivity contribution in [2.45, 2.75) is 116 Å². The Morgan fingerprint density at radius 1 is 0.603 bits per heavy atom.